The van der Waals surface area contributed by atoms with E-state index in [2.05, 4.69) is 46.9 Å². The van der Waals surface area contributed by atoms with Crippen molar-refractivity contribution in [3.8, 4) is 10.6 Å². The Morgan fingerprint density at radius 2 is 2.00 bits per heavy atom. The average molecular weight is 340 g/mol. The Kier molecular flexibility index (Phi) is 4.37. The van der Waals surface area contributed by atoms with Gasteiger partial charge >= 0.3 is 5.97 Å². The number of benzene rings is 1. The van der Waals surface area contributed by atoms with Crippen molar-refractivity contribution in [3.63, 3.8) is 0 Å². The second-order valence-corrected chi connectivity index (χ2v) is 6.11. The molecule has 1 aromatic carbocycles. The minimum Gasteiger partial charge on any atom is -0.481 e. The first-order chi connectivity index (χ1) is 8.97. The van der Waals surface area contributed by atoms with Crippen molar-refractivity contribution in [3.05, 3.63) is 38.8 Å². The predicted octanol–water partition coefficient (Wildman–Crippen LogP) is 4.21. The van der Waals surface area contributed by atoms with Crippen LogP contribution in [0.1, 0.15) is 23.2 Å². The molecule has 0 saturated carbocycles. The van der Waals surface area contributed by atoms with Gasteiger partial charge in [0.2, 0.25) is 0 Å². The van der Waals surface area contributed by atoms with Crippen LogP contribution >= 0.6 is 27.3 Å². The van der Waals surface area contributed by atoms with Gasteiger partial charge in [-0.2, -0.15) is 0 Å². The molecule has 0 unspecified atom stereocenters. The fraction of sp³-hybridized carbons (Fsp3) is 0.286. The second kappa shape index (κ2) is 5.84. The first-order valence-corrected chi connectivity index (χ1v) is 7.58. The minimum atomic E-state index is -0.787. The molecule has 5 heteroatoms. The number of halogens is 1. The van der Waals surface area contributed by atoms with Crippen molar-refractivity contribution >= 4 is 33.2 Å². The maximum Gasteiger partial charge on any atom is 0.303 e. The zero-order valence-electron chi connectivity index (χ0n) is 10.7. The average Bonchev–Trinajstić information content (AvgIpc) is 2.81. The molecular weight excluding hydrogens is 326 g/mol. The van der Waals surface area contributed by atoms with Gasteiger partial charge in [0.15, 0.2) is 0 Å². The molecule has 2 rings (SSSR count). The molecule has 1 heterocycles. The molecular formula is C14H14BrNO2S. The monoisotopic (exact) mass is 339 g/mol. The quantitative estimate of drug-likeness (QED) is 0.907. The summed E-state index contributed by atoms with van der Waals surface area (Å²) in [6, 6.07) is 4.19. The van der Waals surface area contributed by atoms with Gasteiger partial charge in [0.25, 0.3) is 0 Å². The lowest BCUT2D eigenvalue weighted by molar-refractivity contribution is -0.136. The highest BCUT2D eigenvalue weighted by atomic mass is 79.9. The largest absolute Gasteiger partial charge is 0.481 e. The van der Waals surface area contributed by atoms with E-state index in [1.165, 1.54) is 11.1 Å². The van der Waals surface area contributed by atoms with Crippen LogP contribution in [-0.2, 0) is 11.2 Å². The van der Waals surface area contributed by atoms with Gasteiger partial charge in [0, 0.05) is 21.8 Å². The number of carbonyl (C=O) groups is 1. The summed E-state index contributed by atoms with van der Waals surface area (Å²) in [5, 5.41) is 11.6. The predicted molar refractivity (Wildman–Crippen MR) is 80.7 cm³/mol. The van der Waals surface area contributed by atoms with Crippen molar-refractivity contribution in [1.29, 1.82) is 0 Å². The lowest BCUT2D eigenvalue weighted by Crippen LogP contribution is -1.97. The highest BCUT2D eigenvalue weighted by Gasteiger charge is 2.09. The summed E-state index contributed by atoms with van der Waals surface area (Å²) in [4.78, 5) is 15.1. The third-order valence-electron chi connectivity index (χ3n) is 2.83. The van der Waals surface area contributed by atoms with Crippen LogP contribution in [-0.4, -0.2) is 16.1 Å². The zero-order chi connectivity index (χ0) is 14.0. The number of carboxylic acid groups (broad SMARTS) is 1. The second-order valence-electron chi connectivity index (χ2n) is 4.46. The lowest BCUT2D eigenvalue weighted by atomic mass is 10.1. The normalized spacial score (nSPS) is 10.7. The Bertz CT molecular complexity index is 599. The van der Waals surface area contributed by atoms with Gasteiger partial charge in [-0.1, -0.05) is 15.9 Å². The number of thiazole rings is 1. The third-order valence-corrected chi connectivity index (χ3v) is 5.02. The molecule has 0 radical (unpaired) electrons. The van der Waals surface area contributed by atoms with Crippen LogP contribution in [0.15, 0.2) is 22.0 Å². The van der Waals surface area contributed by atoms with Crippen molar-refractivity contribution in [1.82, 2.24) is 4.98 Å². The van der Waals surface area contributed by atoms with E-state index in [0.29, 0.717) is 6.42 Å². The number of hydrogen-bond acceptors (Lipinski definition) is 3. The number of hydrogen-bond donors (Lipinski definition) is 1. The van der Waals surface area contributed by atoms with E-state index in [1.54, 1.807) is 11.3 Å². The van der Waals surface area contributed by atoms with Gasteiger partial charge in [-0.15, -0.1) is 11.3 Å². The molecule has 2 aromatic rings. The molecule has 0 saturated heterocycles. The molecule has 0 fully saturated rings. The van der Waals surface area contributed by atoms with E-state index in [4.69, 9.17) is 5.11 Å². The van der Waals surface area contributed by atoms with Crippen LogP contribution in [0.25, 0.3) is 10.6 Å². The summed E-state index contributed by atoms with van der Waals surface area (Å²) in [6.07, 6.45) is 0.613. The summed E-state index contributed by atoms with van der Waals surface area (Å²) in [5.41, 5.74) is 4.29. The molecule has 0 aliphatic heterocycles. The SMILES string of the molecule is Cc1cc(-c2nc(CCC(=O)O)cs2)cc(C)c1Br. The topological polar surface area (TPSA) is 50.2 Å². The van der Waals surface area contributed by atoms with Gasteiger partial charge in [-0.05, 0) is 37.1 Å². The van der Waals surface area contributed by atoms with Crippen molar-refractivity contribution in [2.24, 2.45) is 0 Å². The molecule has 3 nitrogen and oxygen atoms in total. The van der Waals surface area contributed by atoms with E-state index >= 15 is 0 Å². The fourth-order valence-electron chi connectivity index (χ4n) is 1.86. The molecule has 19 heavy (non-hydrogen) atoms. The Morgan fingerprint density at radius 3 is 2.58 bits per heavy atom. The van der Waals surface area contributed by atoms with Crippen molar-refractivity contribution in [2.45, 2.75) is 26.7 Å². The van der Waals surface area contributed by atoms with E-state index < -0.39 is 5.97 Å². The highest BCUT2D eigenvalue weighted by Crippen LogP contribution is 2.30. The van der Waals surface area contributed by atoms with Crippen LogP contribution in [0.4, 0.5) is 0 Å². The molecule has 0 spiro atoms. The summed E-state index contributed by atoms with van der Waals surface area (Å²) < 4.78 is 1.12. The smallest absolute Gasteiger partial charge is 0.303 e. The van der Waals surface area contributed by atoms with Crippen LogP contribution in [0.2, 0.25) is 0 Å². The van der Waals surface area contributed by atoms with Crippen molar-refractivity contribution in [2.75, 3.05) is 0 Å². The minimum absolute atomic E-state index is 0.127. The maximum atomic E-state index is 10.5. The van der Waals surface area contributed by atoms with Gasteiger partial charge in [-0.25, -0.2) is 4.98 Å². The Labute approximate surface area is 124 Å². The summed E-state index contributed by atoms with van der Waals surface area (Å²) >= 11 is 5.11. The Morgan fingerprint density at radius 1 is 1.37 bits per heavy atom. The van der Waals surface area contributed by atoms with Crippen LogP contribution < -0.4 is 0 Å². The Balaban J connectivity index is 2.25. The molecule has 100 valence electrons. The number of aromatic nitrogens is 1. The summed E-state index contributed by atoms with van der Waals surface area (Å²) in [7, 11) is 0. The number of carboxylic acids is 1. The van der Waals surface area contributed by atoms with Crippen LogP contribution in [0.3, 0.4) is 0 Å². The van der Waals surface area contributed by atoms with Crippen LogP contribution in [0, 0.1) is 13.8 Å². The van der Waals surface area contributed by atoms with E-state index in [-0.39, 0.29) is 6.42 Å². The third kappa shape index (κ3) is 3.42. The van der Waals surface area contributed by atoms with Crippen molar-refractivity contribution < 1.29 is 9.90 Å². The first kappa shape index (κ1) is 14.2. The van der Waals surface area contributed by atoms with E-state index in [9.17, 15) is 4.79 Å². The van der Waals surface area contributed by atoms with Gasteiger partial charge in [0.1, 0.15) is 5.01 Å². The van der Waals surface area contributed by atoms with E-state index in [1.807, 2.05) is 5.38 Å². The fourth-order valence-corrected chi connectivity index (χ4v) is 2.93. The number of aliphatic carboxylic acids is 1. The van der Waals surface area contributed by atoms with Gasteiger partial charge in [-0.3, -0.25) is 4.79 Å². The molecule has 0 atom stereocenters. The zero-order valence-corrected chi connectivity index (χ0v) is 13.1. The molecule has 0 aliphatic rings. The number of nitrogens with zero attached hydrogens (tertiary/aromatic N) is 1. The van der Waals surface area contributed by atoms with Gasteiger partial charge in [0.05, 0.1) is 12.1 Å². The number of aryl methyl sites for hydroxylation is 3. The number of rotatable bonds is 4. The molecule has 1 N–H and O–H groups in total. The molecule has 0 aliphatic carbocycles. The van der Waals surface area contributed by atoms with Crippen LogP contribution in [0.5, 0.6) is 0 Å². The lowest BCUT2D eigenvalue weighted by Gasteiger charge is -2.05. The first-order valence-electron chi connectivity index (χ1n) is 5.90. The molecule has 0 bridgehead atoms. The standard InChI is InChI=1S/C14H14BrNO2S/c1-8-5-10(6-9(2)13(8)15)14-16-11(7-19-14)3-4-12(17)18/h5-7H,3-4H2,1-2H3,(H,17,18). The molecule has 1 aromatic heterocycles. The van der Waals surface area contributed by atoms with E-state index in [0.717, 1.165) is 20.7 Å². The van der Waals surface area contributed by atoms with Gasteiger partial charge < -0.3 is 5.11 Å². The highest BCUT2D eigenvalue weighted by molar-refractivity contribution is 9.10. The summed E-state index contributed by atoms with van der Waals surface area (Å²) in [6.45, 7) is 4.11. The molecule has 0 amide bonds. The Hall–Kier alpha value is -1.20. The maximum absolute atomic E-state index is 10.5. The summed E-state index contributed by atoms with van der Waals surface area (Å²) in [5.74, 6) is -0.787.